The van der Waals surface area contributed by atoms with Crippen molar-refractivity contribution in [2.24, 2.45) is 5.73 Å². The van der Waals surface area contributed by atoms with Gasteiger partial charge in [0.2, 0.25) is 0 Å². The maximum Gasteiger partial charge on any atom is 0.390 e. The second kappa shape index (κ2) is 9.75. The number of urea groups is 1. The van der Waals surface area contributed by atoms with E-state index < -0.39 is 31.0 Å². The van der Waals surface area contributed by atoms with E-state index in [-0.39, 0.29) is 17.8 Å². The highest BCUT2D eigenvalue weighted by Gasteiger charge is 2.31. The van der Waals surface area contributed by atoms with E-state index in [1.54, 1.807) is 0 Å². The summed E-state index contributed by atoms with van der Waals surface area (Å²) in [5, 5.41) is 22.1. The van der Waals surface area contributed by atoms with Crippen molar-refractivity contribution in [3.63, 3.8) is 0 Å². The molecule has 0 bridgehead atoms. The summed E-state index contributed by atoms with van der Waals surface area (Å²) < 4.78 is 38.1. The Labute approximate surface area is 171 Å². The molecular formula is C18H22ClF3N6O. The largest absolute Gasteiger partial charge is 0.401 e. The minimum Gasteiger partial charge on any atom is -0.401 e. The number of benzene rings is 1. The number of nitrogens with one attached hydrogen (secondary N) is 4. The number of nitrogens with zero attached hydrogens (tertiary/aromatic N) is 1. The summed E-state index contributed by atoms with van der Waals surface area (Å²) in [5.74, 6) is -0.393. The first-order chi connectivity index (χ1) is 13.6. The number of halogens is 4. The first-order valence-corrected chi connectivity index (χ1v) is 9.19. The van der Waals surface area contributed by atoms with Crippen molar-refractivity contribution in [1.82, 2.24) is 15.5 Å². The van der Waals surface area contributed by atoms with Gasteiger partial charge >= 0.3 is 12.2 Å². The predicted molar refractivity (Wildman–Crippen MR) is 105 cm³/mol. The molecule has 0 spiro atoms. The van der Waals surface area contributed by atoms with Gasteiger partial charge in [-0.1, -0.05) is 11.6 Å². The van der Waals surface area contributed by atoms with Gasteiger partial charge < -0.3 is 21.8 Å². The fourth-order valence-corrected chi connectivity index (χ4v) is 2.86. The van der Waals surface area contributed by atoms with Crippen LogP contribution in [0.5, 0.6) is 0 Å². The van der Waals surface area contributed by atoms with Crippen molar-refractivity contribution in [3.8, 4) is 0 Å². The van der Waals surface area contributed by atoms with Crippen LogP contribution in [0.15, 0.2) is 35.5 Å². The number of nitrogens with two attached hydrogens (primary N) is 1. The number of carbonyl (C=O) groups excluding carboxylic acids is 1. The molecule has 0 radical (unpaired) electrons. The molecule has 1 aliphatic heterocycles. The summed E-state index contributed by atoms with van der Waals surface area (Å²) in [4.78, 5) is 13.2. The van der Waals surface area contributed by atoms with Gasteiger partial charge in [-0.3, -0.25) is 10.3 Å². The fourth-order valence-electron chi connectivity index (χ4n) is 2.73. The van der Waals surface area contributed by atoms with Gasteiger partial charge in [0.1, 0.15) is 5.84 Å². The van der Waals surface area contributed by atoms with Crippen LogP contribution >= 0.6 is 11.6 Å². The summed E-state index contributed by atoms with van der Waals surface area (Å²) >= 11 is 5.79. The molecule has 0 aliphatic carbocycles. The minimum atomic E-state index is -4.49. The molecule has 6 N–H and O–H groups in total. The normalized spacial score (nSPS) is 14.5. The van der Waals surface area contributed by atoms with Gasteiger partial charge in [-0.2, -0.15) is 13.2 Å². The standard InChI is InChI=1S/C18H22ClF3N6O/c19-12-3-1-11(2-4-12)16(25)28(8-6-18(20,21)22)17(29)27-10-15(24)13-5-7-26-9-14(13)23/h1-4,24-26H,5-10,23H2,(H,27,29). The third-order valence-corrected chi connectivity index (χ3v) is 4.54. The maximum absolute atomic E-state index is 12.7. The monoisotopic (exact) mass is 430 g/mol. The smallest absolute Gasteiger partial charge is 0.390 e. The lowest BCUT2D eigenvalue weighted by atomic mass is 10.0. The lowest BCUT2D eigenvalue weighted by Gasteiger charge is -2.25. The van der Waals surface area contributed by atoms with Gasteiger partial charge in [-0.25, -0.2) is 4.79 Å². The van der Waals surface area contributed by atoms with Gasteiger partial charge in [-0.05, 0) is 42.8 Å². The number of carbonyl (C=O) groups is 1. The highest BCUT2D eigenvalue weighted by Crippen LogP contribution is 2.21. The van der Waals surface area contributed by atoms with Crippen LogP contribution in [-0.2, 0) is 0 Å². The Morgan fingerprint density at radius 1 is 1.28 bits per heavy atom. The van der Waals surface area contributed by atoms with E-state index in [0.717, 1.165) is 0 Å². The number of alkyl halides is 3. The van der Waals surface area contributed by atoms with E-state index >= 15 is 0 Å². The Morgan fingerprint density at radius 2 is 1.93 bits per heavy atom. The van der Waals surface area contributed by atoms with Gasteiger partial charge in [0.15, 0.2) is 0 Å². The Bertz CT molecular complexity index is 807. The predicted octanol–water partition coefficient (Wildman–Crippen LogP) is 2.86. The van der Waals surface area contributed by atoms with Crippen LogP contribution in [0.4, 0.5) is 18.0 Å². The van der Waals surface area contributed by atoms with E-state index in [2.05, 4.69) is 10.6 Å². The summed E-state index contributed by atoms with van der Waals surface area (Å²) in [6.07, 6.45) is -5.23. The lowest BCUT2D eigenvalue weighted by Crippen LogP contribution is -2.47. The molecule has 0 saturated heterocycles. The molecule has 29 heavy (non-hydrogen) atoms. The highest BCUT2D eigenvalue weighted by atomic mass is 35.5. The van der Waals surface area contributed by atoms with Crippen molar-refractivity contribution in [2.75, 3.05) is 26.2 Å². The van der Waals surface area contributed by atoms with Crippen LogP contribution in [-0.4, -0.2) is 54.8 Å². The van der Waals surface area contributed by atoms with E-state index in [4.69, 9.17) is 28.2 Å². The molecule has 0 unspecified atom stereocenters. The third kappa shape index (κ3) is 6.75. The topological polar surface area (TPSA) is 118 Å². The van der Waals surface area contributed by atoms with Crippen LogP contribution in [0.2, 0.25) is 5.02 Å². The van der Waals surface area contributed by atoms with Crippen molar-refractivity contribution >= 4 is 29.2 Å². The van der Waals surface area contributed by atoms with E-state index in [1.807, 2.05) is 0 Å². The first-order valence-electron chi connectivity index (χ1n) is 8.81. The molecule has 7 nitrogen and oxygen atoms in total. The molecule has 1 aliphatic rings. The molecule has 0 saturated carbocycles. The van der Waals surface area contributed by atoms with Gasteiger partial charge in [0, 0.05) is 29.4 Å². The quantitative estimate of drug-likeness (QED) is 0.352. The van der Waals surface area contributed by atoms with Crippen molar-refractivity contribution in [2.45, 2.75) is 19.0 Å². The maximum atomic E-state index is 12.7. The zero-order valence-electron chi connectivity index (χ0n) is 15.5. The molecule has 2 amide bonds. The zero-order valence-corrected chi connectivity index (χ0v) is 16.3. The van der Waals surface area contributed by atoms with Crippen LogP contribution in [0, 0.1) is 10.8 Å². The molecule has 158 valence electrons. The number of amides is 2. The summed E-state index contributed by atoms with van der Waals surface area (Å²) in [7, 11) is 0. The van der Waals surface area contributed by atoms with E-state index in [0.29, 0.717) is 40.7 Å². The molecule has 0 atom stereocenters. The molecule has 0 fully saturated rings. The van der Waals surface area contributed by atoms with E-state index in [1.165, 1.54) is 24.3 Å². The van der Waals surface area contributed by atoms with Crippen LogP contribution in [0.3, 0.4) is 0 Å². The summed E-state index contributed by atoms with van der Waals surface area (Å²) in [5.41, 5.74) is 7.30. The Morgan fingerprint density at radius 3 is 2.52 bits per heavy atom. The Kier molecular flexibility index (Phi) is 7.63. The van der Waals surface area contributed by atoms with Crippen molar-refractivity contribution in [1.29, 1.82) is 10.8 Å². The minimum absolute atomic E-state index is 0.0890. The van der Waals surface area contributed by atoms with Crippen LogP contribution < -0.4 is 16.4 Å². The molecular weight excluding hydrogens is 409 g/mol. The van der Waals surface area contributed by atoms with Gasteiger partial charge in [0.05, 0.1) is 18.7 Å². The molecule has 1 heterocycles. The lowest BCUT2D eigenvalue weighted by molar-refractivity contribution is -0.135. The van der Waals surface area contributed by atoms with Gasteiger partial charge in [0.25, 0.3) is 0 Å². The Balaban J connectivity index is 2.10. The van der Waals surface area contributed by atoms with Crippen LogP contribution in [0.1, 0.15) is 18.4 Å². The molecule has 1 aromatic rings. The number of rotatable bonds is 6. The number of hydrogen-bond donors (Lipinski definition) is 5. The van der Waals surface area contributed by atoms with Gasteiger partial charge in [-0.15, -0.1) is 0 Å². The molecule has 2 rings (SSSR count). The summed E-state index contributed by atoms with van der Waals surface area (Å²) in [6.45, 7) is 0.153. The summed E-state index contributed by atoms with van der Waals surface area (Å²) in [6, 6.07) is 4.95. The van der Waals surface area contributed by atoms with Crippen molar-refractivity contribution < 1.29 is 18.0 Å². The third-order valence-electron chi connectivity index (χ3n) is 4.29. The Hall–Kier alpha value is -2.59. The highest BCUT2D eigenvalue weighted by molar-refractivity contribution is 6.30. The molecule has 1 aromatic carbocycles. The average Bonchev–Trinajstić information content (AvgIpc) is 2.66. The first kappa shape index (κ1) is 22.7. The molecule has 11 heteroatoms. The fraction of sp³-hybridized carbons (Fsp3) is 0.389. The number of amidine groups is 1. The second-order valence-corrected chi connectivity index (χ2v) is 6.88. The van der Waals surface area contributed by atoms with Crippen molar-refractivity contribution in [3.05, 3.63) is 46.1 Å². The molecule has 0 aromatic heterocycles. The van der Waals surface area contributed by atoms with E-state index in [9.17, 15) is 18.0 Å². The number of hydrogen-bond acceptors (Lipinski definition) is 5. The second-order valence-electron chi connectivity index (χ2n) is 6.44. The average molecular weight is 431 g/mol. The SMILES string of the molecule is N=C(CNC(=O)N(CCC(F)(F)F)C(=N)c1ccc(Cl)cc1)C1=C(N)CNCC1. The zero-order chi connectivity index (χ0) is 21.6. The van der Waals surface area contributed by atoms with Crippen LogP contribution in [0.25, 0.3) is 0 Å².